The number of hydrogen-bond acceptors (Lipinski definition) is 3. The SMILES string of the molecule is CSCCNC(=O)c1cccc(-c2cccc3c(C)c(Cc4cccc(C(F)(F)F)c4)oc23)c1. The van der Waals surface area contributed by atoms with Gasteiger partial charge in [0.25, 0.3) is 5.91 Å². The molecule has 3 aromatic carbocycles. The highest BCUT2D eigenvalue weighted by Gasteiger charge is 2.30. The lowest BCUT2D eigenvalue weighted by Crippen LogP contribution is -2.25. The van der Waals surface area contributed by atoms with Crippen LogP contribution in [0.3, 0.4) is 0 Å². The molecule has 1 aromatic heterocycles. The maximum Gasteiger partial charge on any atom is 0.416 e. The summed E-state index contributed by atoms with van der Waals surface area (Å²) < 4.78 is 45.6. The van der Waals surface area contributed by atoms with Crippen LogP contribution in [-0.4, -0.2) is 24.5 Å². The number of thioether (sulfide) groups is 1. The highest BCUT2D eigenvalue weighted by molar-refractivity contribution is 7.98. The number of rotatable bonds is 7. The van der Waals surface area contributed by atoms with Gasteiger partial charge in [0.15, 0.2) is 0 Å². The van der Waals surface area contributed by atoms with Crippen molar-refractivity contribution in [2.24, 2.45) is 0 Å². The van der Waals surface area contributed by atoms with Gasteiger partial charge in [-0.3, -0.25) is 4.79 Å². The summed E-state index contributed by atoms with van der Waals surface area (Å²) in [4.78, 5) is 12.5. The fourth-order valence-electron chi connectivity index (χ4n) is 3.93. The first-order valence-electron chi connectivity index (χ1n) is 10.8. The van der Waals surface area contributed by atoms with Crippen LogP contribution >= 0.6 is 11.8 Å². The second kappa shape index (κ2) is 9.97. The molecular weight excluding hydrogens is 459 g/mol. The molecule has 0 saturated carbocycles. The molecule has 4 rings (SSSR count). The zero-order valence-corrected chi connectivity index (χ0v) is 19.6. The Morgan fingerprint density at radius 3 is 2.56 bits per heavy atom. The number of hydrogen-bond donors (Lipinski definition) is 1. The van der Waals surface area contributed by atoms with Crippen LogP contribution in [0.2, 0.25) is 0 Å². The molecule has 0 fully saturated rings. The van der Waals surface area contributed by atoms with Crippen molar-refractivity contribution >= 4 is 28.6 Å². The van der Waals surface area contributed by atoms with Crippen molar-refractivity contribution in [3.05, 3.63) is 94.7 Å². The van der Waals surface area contributed by atoms with Crippen LogP contribution in [0.1, 0.15) is 32.8 Å². The number of carbonyl (C=O) groups excluding carboxylic acids is 1. The maximum atomic E-state index is 13.1. The van der Waals surface area contributed by atoms with Gasteiger partial charge in [0, 0.05) is 35.2 Å². The molecule has 0 saturated heterocycles. The lowest BCUT2D eigenvalue weighted by Gasteiger charge is -2.08. The summed E-state index contributed by atoms with van der Waals surface area (Å²) in [5, 5.41) is 3.81. The Balaban J connectivity index is 1.68. The largest absolute Gasteiger partial charge is 0.460 e. The lowest BCUT2D eigenvalue weighted by atomic mass is 9.99. The van der Waals surface area contributed by atoms with Crippen molar-refractivity contribution < 1.29 is 22.4 Å². The first kappa shape index (κ1) is 24.0. The monoisotopic (exact) mass is 483 g/mol. The Hall–Kier alpha value is -3.19. The van der Waals surface area contributed by atoms with Gasteiger partial charge in [0.1, 0.15) is 11.3 Å². The minimum absolute atomic E-state index is 0.135. The van der Waals surface area contributed by atoms with Crippen LogP contribution in [0.4, 0.5) is 13.2 Å². The summed E-state index contributed by atoms with van der Waals surface area (Å²) in [7, 11) is 0. The van der Waals surface area contributed by atoms with Crippen LogP contribution < -0.4 is 5.32 Å². The second-order valence-electron chi connectivity index (χ2n) is 8.04. The summed E-state index contributed by atoms with van der Waals surface area (Å²) in [6.07, 6.45) is -2.15. The van der Waals surface area contributed by atoms with Crippen LogP contribution in [0, 0.1) is 6.92 Å². The Labute approximate surface area is 200 Å². The van der Waals surface area contributed by atoms with Gasteiger partial charge in [0.05, 0.1) is 5.56 Å². The van der Waals surface area contributed by atoms with Crippen LogP contribution in [0.25, 0.3) is 22.1 Å². The van der Waals surface area contributed by atoms with Gasteiger partial charge in [-0.1, -0.05) is 48.5 Å². The summed E-state index contributed by atoms with van der Waals surface area (Å²) in [6, 6.07) is 18.4. The third kappa shape index (κ3) is 5.14. The van der Waals surface area contributed by atoms with E-state index in [0.717, 1.165) is 40.0 Å². The molecule has 0 bridgehead atoms. The molecule has 0 unspecified atom stereocenters. The molecule has 3 nitrogen and oxygen atoms in total. The van der Waals surface area contributed by atoms with E-state index in [0.29, 0.717) is 29.0 Å². The van der Waals surface area contributed by atoms with E-state index in [9.17, 15) is 18.0 Å². The van der Waals surface area contributed by atoms with Gasteiger partial charge in [-0.05, 0) is 48.1 Å². The molecule has 0 aliphatic heterocycles. The number of benzene rings is 3. The first-order chi connectivity index (χ1) is 16.3. The van der Waals surface area contributed by atoms with Gasteiger partial charge in [0.2, 0.25) is 0 Å². The zero-order valence-electron chi connectivity index (χ0n) is 18.8. The topological polar surface area (TPSA) is 42.2 Å². The minimum Gasteiger partial charge on any atom is -0.460 e. The fraction of sp³-hybridized carbons (Fsp3) is 0.222. The van der Waals surface area contributed by atoms with Gasteiger partial charge in [-0.25, -0.2) is 0 Å². The van der Waals surface area contributed by atoms with E-state index in [-0.39, 0.29) is 12.3 Å². The van der Waals surface area contributed by atoms with Gasteiger partial charge in [-0.2, -0.15) is 24.9 Å². The highest BCUT2D eigenvalue weighted by Crippen LogP contribution is 2.36. The number of para-hydroxylation sites is 1. The zero-order chi connectivity index (χ0) is 24.3. The van der Waals surface area contributed by atoms with E-state index in [1.165, 1.54) is 6.07 Å². The Bertz CT molecular complexity index is 1330. The molecule has 1 N–H and O–H groups in total. The highest BCUT2D eigenvalue weighted by atomic mass is 32.2. The quantitative estimate of drug-likeness (QED) is 0.285. The summed E-state index contributed by atoms with van der Waals surface area (Å²) in [5.41, 5.74) is 3.62. The smallest absolute Gasteiger partial charge is 0.416 e. The molecule has 0 spiro atoms. The van der Waals surface area contributed by atoms with Crippen molar-refractivity contribution in [2.75, 3.05) is 18.6 Å². The Morgan fingerprint density at radius 2 is 1.79 bits per heavy atom. The van der Waals surface area contributed by atoms with Crippen molar-refractivity contribution in [1.29, 1.82) is 0 Å². The number of nitrogens with one attached hydrogen (secondary N) is 1. The molecule has 0 aliphatic carbocycles. The Morgan fingerprint density at radius 1 is 1.03 bits per heavy atom. The molecule has 0 atom stereocenters. The molecule has 4 aromatic rings. The van der Waals surface area contributed by atoms with E-state index < -0.39 is 11.7 Å². The standard InChI is InChI=1S/C27H24F3NO2S/c1-17-22-10-5-11-23(19-7-4-8-20(16-19)26(32)31-12-13-34-2)25(22)33-24(17)15-18-6-3-9-21(14-18)27(28,29)30/h3-11,14,16H,12-13,15H2,1-2H3,(H,31,32). The average molecular weight is 484 g/mol. The molecule has 1 heterocycles. The van der Waals surface area contributed by atoms with E-state index in [1.54, 1.807) is 23.9 Å². The summed E-state index contributed by atoms with van der Waals surface area (Å²) in [5.74, 6) is 1.32. The van der Waals surface area contributed by atoms with E-state index in [4.69, 9.17) is 4.42 Å². The molecule has 34 heavy (non-hydrogen) atoms. The number of amides is 1. The lowest BCUT2D eigenvalue weighted by molar-refractivity contribution is -0.137. The van der Waals surface area contributed by atoms with Crippen LogP contribution in [0.15, 0.2) is 71.1 Å². The third-order valence-electron chi connectivity index (χ3n) is 5.71. The molecule has 1 amide bonds. The summed E-state index contributed by atoms with van der Waals surface area (Å²) in [6.45, 7) is 2.50. The third-order valence-corrected chi connectivity index (χ3v) is 6.32. The predicted octanol–water partition coefficient (Wildman–Crippen LogP) is 7.11. The van der Waals surface area contributed by atoms with Crippen molar-refractivity contribution in [3.63, 3.8) is 0 Å². The summed E-state index contributed by atoms with van der Waals surface area (Å²) >= 11 is 1.66. The van der Waals surface area contributed by atoms with Crippen LogP contribution in [0.5, 0.6) is 0 Å². The molecule has 0 radical (unpaired) electrons. The number of aryl methyl sites for hydroxylation is 1. The normalized spacial score (nSPS) is 11.7. The second-order valence-corrected chi connectivity index (χ2v) is 9.02. The minimum atomic E-state index is -4.39. The van der Waals surface area contributed by atoms with Gasteiger partial charge in [-0.15, -0.1) is 0 Å². The van der Waals surface area contributed by atoms with Crippen molar-refractivity contribution in [3.8, 4) is 11.1 Å². The average Bonchev–Trinajstić information content (AvgIpc) is 3.14. The number of fused-ring (bicyclic) bond motifs is 1. The Kier molecular flexibility index (Phi) is 7.03. The van der Waals surface area contributed by atoms with Gasteiger partial charge >= 0.3 is 6.18 Å². The first-order valence-corrected chi connectivity index (χ1v) is 12.2. The van der Waals surface area contributed by atoms with Crippen molar-refractivity contribution in [1.82, 2.24) is 5.32 Å². The van der Waals surface area contributed by atoms with E-state index in [2.05, 4.69) is 5.32 Å². The number of carbonyl (C=O) groups is 1. The number of halogens is 3. The number of furan rings is 1. The molecule has 7 heteroatoms. The van der Waals surface area contributed by atoms with E-state index in [1.807, 2.05) is 49.6 Å². The molecular formula is C27H24F3NO2S. The van der Waals surface area contributed by atoms with Crippen molar-refractivity contribution in [2.45, 2.75) is 19.5 Å². The molecule has 176 valence electrons. The van der Waals surface area contributed by atoms with Crippen LogP contribution in [-0.2, 0) is 12.6 Å². The maximum absolute atomic E-state index is 13.1. The fourth-order valence-corrected chi connectivity index (χ4v) is 4.23. The molecule has 0 aliphatic rings. The number of alkyl halides is 3. The predicted molar refractivity (Wildman–Crippen MR) is 131 cm³/mol. The van der Waals surface area contributed by atoms with Gasteiger partial charge < -0.3 is 9.73 Å². The van der Waals surface area contributed by atoms with E-state index >= 15 is 0 Å².